The first-order valence-corrected chi connectivity index (χ1v) is 8.78. The van der Waals surface area contributed by atoms with Crippen molar-refractivity contribution in [1.82, 2.24) is 15.2 Å². The van der Waals surface area contributed by atoms with Crippen molar-refractivity contribution in [2.45, 2.75) is 0 Å². The normalized spacial score (nSPS) is 10.4. The van der Waals surface area contributed by atoms with E-state index in [0.717, 1.165) is 11.3 Å². The molecular formula is C21H17N5O3. The van der Waals surface area contributed by atoms with Crippen LogP contribution in [0.1, 0.15) is 10.4 Å². The van der Waals surface area contributed by atoms with E-state index in [1.54, 1.807) is 49.7 Å². The number of amides is 1. The summed E-state index contributed by atoms with van der Waals surface area (Å²) in [5, 5.41) is 13.9. The SMILES string of the molecule is COc1ccccc1Nc1nnc(-c2ccc(NC(=O)c3cccnc3)cc2)o1. The minimum absolute atomic E-state index is 0.230. The van der Waals surface area contributed by atoms with Crippen LogP contribution in [0.3, 0.4) is 0 Å². The van der Waals surface area contributed by atoms with Gasteiger partial charge in [-0.15, -0.1) is 5.10 Å². The van der Waals surface area contributed by atoms with E-state index in [1.165, 1.54) is 6.20 Å². The van der Waals surface area contributed by atoms with Gasteiger partial charge in [0, 0.05) is 23.6 Å². The summed E-state index contributed by atoms with van der Waals surface area (Å²) in [6, 6.07) is 18.2. The highest BCUT2D eigenvalue weighted by Crippen LogP contribution is 2.28. The molecule has 0 saturated carbocycles. The monoisotopic (exact) mass is 387 g/mol. The molecule has 0 atom stereocenters. The van der Waals surface area contributed by atoms with Crippen LogP contribution in [0.15, 0.2) is 77.5 Å². The van der Waals surface area contributed by atoms with Crippen molar-refractivity contribution >= 4 is 23.3 Å². The second kappa shape index (κ2) is 8.22. The molecule has 0 bridgehead atoms. The lowest BCUT2D eigenvalue weighted by atomic mass is 10.2. The van der Waals surface area contributed by atoms with Gasteiger partial charge in [-0.1, -0.05) is 17.2 Å². The number of rotatable bonds is 6. The Morgan fingerprint density at radius 1 is 1.00 bits per heavy atom. The van der Waals surface area contributed by atoms with Crippen LogP contribution < -0.4 is 15.4 Å². The molecule has 0 aliphatic heterocycles. The molecule has 2 aromatic heterocycles. The summed E-state index contributed by atoms with van der Waals surface area (Å²) < 4.78 is 11.0. The third kappa shape index (κ3) is 4.22. The topological polar surface area (TPSA) is 102 Å². The van der Waals surface area contributed by atoms with E-state index < -0.39 is 0 Å². The lowest BCUT2D eigenvalue weighted by Crippen LogP contribution is -2.11. The maximum atomic E-state index is 12.2. The average Bonchev–Trinajstić information content (AvgIpc) is 3.24. The molecule has 2 aromatic carbocycles. The summed E-state index contributed by atoms with van der Waals surface area (Å²) in [5.41, 5.74) is 2.58. The first-order valence-electron chi connectivity index (χ1n) is 8.78. The molecule has 8 heteroatoms. The van der Waals surface area contributed by atoms with Crippen LogP contribution in [0.25, 0.3) is 11.5 Å². The Kier molecular flexibility index (Phi) is 5.15. The van der Waals surface area contributed by atoms with Crippen molar-refractivity contribution in [2.75, 3.05) is 17.7 Å². The molecular weight excluding hydrogens is 370 g/mol. The molecule has 4 aromatic rings. The number of anilines is 3. The number of nitrogens with zero attached hydrogens (tertiary/aromatic N) is 3. The smallest absolute Gasteiger partial charge is 0.320 e. The summed E-state index contributed by atoms with van der Waals surface area (Å²) in [6.07, 6.45) is 3.13. The van der Waals surface area contributed by atoms with E-state index in [1.807, 2.05) is 24.3 Å². The average molecular weight is 387 g/mol. The number of hydrogen-bond acceptors (Lipinski definition) is 7. The molecule has 0 saturated heterocycles. The molecule has 0 spiro atoms. The van der Waals surface area contributed by atoms with Gasteiger partial charge in [-0.3, -0.25) is 9.78 Å². The molecule has 2 N–H and O–H groups in total. The Bertz CT molecular complexity index is 1110. The van der Waals surface area contributed by atoms with E-state index in [-0.39, 0.29) is 11.9 Å². The third-order valence-electron chi connectivity index (χ3n) is 4.09. The van der Waals surface area contributed by atoms with Crippen molar-refractivity contribution in [1.29, 1.82) is 0 Å². The van der Waals surface area contributed by atoms with E-state index in [2.05, 4.69) is 25.8 Å². The van der Waals surface area contributed by atoms with Crippen molar-refractivity contribution in [3.63, 3.8) is 0 Å². The van der Waals surface area contributed by atoms with Crippen LogP contribution in [0.5, 0.6) is 5.75 Å². The van der Waals surface area contributed by atoms with Crippen LogP contribution in [0, 0.1) is 0 Å². The Hall–Kier alpha value is -4.20. The van der Waals surface area contributed by atoms with Crippen LogP contribution in [0.2, 0.25) is 0 Å². The minimum Gasteiger partial charge on any atom is -0.495 e. The molecule has 0 fully saturated rings. The third-order valence-corrected chi connectivity index (χ3v) is 4.09. The van der Waals surface area contributed by atoms with Gasteiger partial charge in [0.25, 0.3) is 5.91 Å². The molecule has 0 unspecified atom stereocenters. The highest BCUT2D eigenvalue weighted by Gasteiger charge is 2.11. The fourth-order valence-electron chi connectivity index (χ4n) is 2.65. The number of ether oxygens (including phenoxy) is 1. The highest BCUT2D eigenvalue weighted by atomic mass is 16.5. The van der Waals surface area contributed by atoms with Gasteiger partial charge in [0.05, 0.1) is 18.4 Å². The standard InChI is InChI=1S/C21H17N5O3/c1-28-18-7-3-2-6-17(18)24-21-26-25-20(29-21)14-8-10-16(11-9-14)23-19(27)15-5-4-12-22-13-15/h2-13H,1H3,(H,23,27)(H,24,26). The molecule has 0 radical (unpaired) electrons. The Balaban J connectivity index is 1.45. The van der Waals surface area contributed by atoms with Gasteiger partial charge in [0.1, 0.15) is 5.75 Å². The number of methoxy groups -OCH3 is 1. The van der Waals surface area contributed by atoms with Gasteiger partial charge in [0.15, 0.2) is 0 Å². The molecule has 8 nitrogen and oxygen atoms in total. The zero-order valence-electron chi connectivity index (χ0n) is 15.5. The number of para-hydroxylation sites is 2. The van der Waals surface area contributed by atoms with Crippen LogP contribution in [0.4, 0.5) is 17.4 Å². The molecule has 4 rings (SSSR count). The first-order chi connectivity index (χ1) is 14.2. The number of benzene rings is 2. The Morgan fingerprint density at radius 2 is 1.83 bits per heavy atom. The zero-order chi connectivity index (χ0) is 20.1. The fourth-order valence-corrected chi connectivity index (χ4v) is 2.65. The van der Waals surface area contributed by atoms with Crippen LogP contribution in [-0.2, 0) is 0 Å². The Labute approximate surface area is 166 Å². The number of nitrogens with one attached hydrogen (secondary N) is 2. The predicted molar refractivity (Wildman–Crippen MR) is 108 cm³/mol. The lowest BCUT2D eigenvalue weighted by molar-refractivity contribution is 0.102. The van der Waals surface area contributed by atoms with E-state index in [0.29, 0.717) is 22.9 Å². The number of aromatic nitrogens is 3. The van der Waals surface area contributed by atoms with Crippen LogP contribution in [-0.4, -0.2) is 28.2 Å². The molecule has 0 aliphatic carbocycles. The van der Waals surface area contributed by atoms with Gasteiger partial charge in [0.2, 0.25) is 5.89 Å². The molecule has 1 amide bonds. The summed E-state index contributed by atoms with van der Waals surface area (Å²) in [4.78, 5) is 16.1. The second-order valence-electron chi connectivity index (χ2n) is 6.01. The Morgan fingerprint density at radius 3 is 2.59 bits per heavy atom. The van der Waals surface area contributed by atoms with Gasteiger partial charge < -0.3 is 19.8 Å². The van der Waals surface area contributed by atoms with Crippen molar-refractivity contribution in [3.05, 3.63) is 78.6 Å². The first kappa shape index (κ1) is 18.2. The van der Waals surface area contributed by atoms with Crippen molar-refractivity contribution in [2.24, 2.45) is 0 Å². The number of carbonyl (C=O) groups is 1. The largest absolute Gasteiger partial charge is 0.495 e. The molecule has 2 heterocycles. The number of pyridine rings is 1. The maximum absolute atomic E-state index is 12.2. The fraction of sp³-hybridized carbons (Fsp3) is 0.0476. The second-order valence-corrected chi connectivity index (χ2v) is 6.01. The summed E-state index contributed by atoms with van der Waals surface area (Å²) in [7, 11) is 1.59. The van der Waals surface area contributed by atoms with Gasteiger partial charge in [-0.2, -0.15) is 0 Å². The van der Waals surface area contributed by atoms with Crippen molar-refractivity contribution < 1.29 is 13.9 Å². The quantitative estimate of drug-likeness (QED) is 0.513. The van der Waals surface area contributed by atoms with Gasteiger partial charge in [-0.25, -0.2) is 0 Å². The van der Waals surface area contributed by atoms with E-state index in [9.17, 15) is 4.79 Å². The molecule has 29 heavy (non-hydrogen) atoms. The minimum atomic E-state index is -0.230. The summed E-state index contributed by atoms with van der Waals surface area (Å²) in [6.45, 7) is 0. The molecule has 144 valence electrons. The van der Waals surface area contributed by atoms with Crippen LogP contribution >= 0.6 is 0 Å². The van der Waals surface area contributed by atoms with E-state index in [4.69, 9.17) is 9.15 Å². The zero-order valence-corrected chi connectivity index (χ0v) is 15.5. The number of carbonyl (C=O) groups excluding carboxylic acids is 1. The van der Waals surface area contributed by atoms with Gasteiger partial charge >= 0.3 is 6.01 Å². The number of hydrogen-bond donors (Lipinski definition) is 2. The predicted octanol–water partition coefficient (Wildman–Crippen LogP) is 4.14. The highest BCUT2D eigenvalue weighted by molar-refractivity contribution is 6.04. The maximum Gasteiger partial charge on any atom is 0.320 e. The van der Waals surface area contributed by atoms with Crippen molar-refractivity contribution in [3.8, 4) is 17.2 Å². The van der Waals surface area contributed by atoms with Gasteiger partial charge in [-0.05, 0) is 48.5 Å². The molecule has 0 aliphatic rings. The summed E-state index contributed by atoms with van der Waals surface area (Å²) in [5.74, 6) is 0.792. The lowest BCUT2D eigenvalue weighted by Gasteiger charge is -2.07. The summed E-state index contributed by atoms with van der Waals surface area (Å²) >= 11 is 0. The van der Waals surface area contributed by atoms with E-state index >= 15 is 0 Å².